The lowest BCUT2D eigenvalue weighted by molar-refractivity contribution is -0.123. The van der Waals surface area contributed by atoms with E-state index in [9.17, 15) is 13.2 Å². The van der Waals surface area contributed by atoms with Crippen molar-refractivity contribution in [2.24, 2.45) is 5.92 Å². The molecule has 0 bridgehead atoms. The van der Waals surface area contributed by atoms with Crippen LogP contribution in [0.2, 0.25) is 0 Å². The maximum absolute atomic E-state index is 13.3. The number of nitrogens with zero attached hydrogens (tertiary/aromatic N) is 2. The lowest BCUT2D eigenvalue weighted by atomic mass is 9.98. The van der Waals surface area contributed by atoms with Gasteiger partial charge in [0.2, 0.25) is 15.9 Å². The van der Waals surface area contributed by atoms with Gasteiger partial charge in [-0.25, -0.2) is 8.42 Å². The molecule has 0 spiro atoms. The van der Waals surface area contributed by atoms with Gasteiger partial charge in [-0.2, -0.15) is 4.31 Å². The second kappa shape index (κ2) is 8.69. The van der Waals surface area contributed by atoms with Crippen LogP contribution in [0.3, 0.4) is 0 Å². The van der Waals surface area contributed by atoms with E-state index < -0.39 is 10.0 Å². The first-order valence-corrected chi connectivity index (χ1v) is 11.7. The maximum atomic E-state index is 13.3. The Morgan fingerprint density at radius 2 is 1.74 bits per heavy atom. The second-order valence-corrected chi connectivity index (χ2v) is 9.74. The van der Waals surface area contributed by atoms with Gasteiger partial charge in [-0.05, 0) is 60.0 Å². The molecule has 0 N–H and O–H groups in total. The number of rotatable bonds is 5. The third-order valence-electron chi connectivity index (χ3n) is 5.88. The second-order valence-electron chi connectivity index (χ2n) is 7.81. The van der Waals surface area contributed by atoms with E-state index in [4.69, 9.17) is 4.74 Å². The van der Waals surface area contributed by atoms with Crippen molar-refractivity contribution >= 4 is 32.4 Å². The van der Waals surface area contributed by atoms with Crippen molar-refractivity contribution < 1.29 is 17.9 Å². The summed E-state index contributed by atoms with van der Waals surface area (Å²) >= 11 is 0. The summed E-state index contributed by atoms with van der Waals surface area (Å²) in [6, 6.07) is 20.1. The number of benzene rings is 3. The molecule has 0 aromatic heterocycles. The molecule has 3 aromatic carbocycles. The topological polar surface area (TPSA) is 66.9 Å². The highest BCUT2D eigenvalue weighted by Gasteiger charge is 2.34. The number of fused-ring (bicyclic) bond motifs is 1. The summed E-state index contributed by atoms with van der Waals surface area (Å²) in [6.07, 6.45) is 1.32. The third kappa shape index (κ3) is 4.29. The van der Waals surface area contributed by atoms with Gasteiger partial charge in [0.1, 0.15) is 5.75 Å². The molecule has 162 valence electrons. The first kappa shape index (κ1) is 21.3. The number of piperidine rings is 1. The number of hydrogen-bond acceptors (Lipinski definition) is 4. The van der Waals surface area contributed by atoms with Crippen LogP contribution < -0.4 is 9.64 Å². The molecule has 0 radical (unpaired) electrons. The molecule has 1 aliphatic rings. The SMILES string of the molecule is COc1ccc(N(C)C(=O)C2CCCN(S(=O)(=O)c3ccc4ccccc4c3)C2)cc1. The molecular weight excluding hydrogens is 412 g/mol. The Morgan fingerprint density at radius 3 is 2.45 bits per heavy atom. The average Bonchev–Trinajstić information content (AvgIpc) is 2.83. The third-order valence-corrected chi connectivity index (χ3v) is 7.74. The van der Waals surface area contributed by atoms with Gasteiger partial charge in [0.05, 0.1) is 17.9 Å². The molecule has 1 saturated heterocycles. The van der Waals surface area contributed by atoms with Crippen molar-refractivity contribution in [3.05, 3.63) is 66.7 Å². The zero-order chi connectivity index (χ0) is 22.0. The number of carbonyl (C=O) groups excluding carboxylic acids is 1. The van der Waals surface area contributed by atoms with Crippen LogP contribution in [0.25, 0.3) is 10.8 Å². The zero-order valence-electron chi connectivity index (χ0n) is 17.7. The van der Waals surface area contributed by atoms with E-state index in [-0.39, 0.29) is 23.3 Å². The van der Waals surface area contributed by atoms with Crippen molar-refractivity contribution in [2.75, 3.05) is 32.1 Å². The van der Waals surface area contributed by atoms with Crippen LogP contribution in [0.1, 0.15) is 12.8 Å². The smallest absolute Gasteiger partial charge is 0.243 e. The summed E-state index contributed by atoms with van der Waals surface area (Å²) < 4.78 is 33.2. The van der Waals surface area contributed by atoms with Crippen LogP contribution in [-0.4, -0.2) is 45.9 Å². The van der Waals surface area contributed by atoms with Crippen molar-refractivity contribution in [2.45, 2.75) is 17.7 Å². The van der Waals surface area contributed by atoms with Crippen molar-refractivity contribution in [1.29, 1.82) is 0 Å². The Balaban J connectivity index is 1.53. The average molecular weight is 439 g/mol. The van der Waals surface area contributed by atoms with Crippen LogP contribution in [0, 0.1) is 5.92 Å². The minimum atomic E-state index is -3.67. The minimum Gasteiger partial charge on any atom is -0.497 e. The molecule has 31 heavy (non-hydrogen) atoms. The Morgan fingerprint density at radius 1 is 1.03 bits per heavy atom. The van der Waals surface area contributed by atoms with Gasteiger partial charge in [0.15, 0.2) is 0 Å². The fraction of sp³-hybridized carbons (Fsp3) is 0.292. The molecule has 1 fully saturated rings. The van der Waals surface area contributed by atoms with E-state index in [1.807, 2.05) is 42.5 Å². The predicted molar refractivity (Wildman–Crippen MR) is 122 cm³/mol. The van der Waals surface area contributed by atoms with Gasteiger partial charge >= 0.3 is 0 Å². The summed E-state index contributed by atoms with van der Waals surface area (Å²) in [7, 11) is -0.356. The van der Waals surface area contributed by atoms with Crippen molar-refractivity contribution in [1.82, 2.24) is 4.31 Å². The molecule has 3 aromatic rings. The normalized spacial score (nSPS) is 17.4. The lowest BCUT2D eigenvalue weighted by Crippen LogP contribution is -2.45. The van der Waals surface area contributed by atoms with Gasteiger partial charge in [-0.3, -0.25) is 4.79 Å². The van der Waals surface area contributed by atoms with E-state index in [0.29, 0.717) is 19.4 Å². The molecular formula is C24H26N2O4S. The molecule has 6 nitrogen and oxygen atoms in total. The molecule has 0 aliphatic carbocycles. The number of methoxy groups -OCH3 is 1. The Bertz CT molecular complexity index is 1190. The van der Waals surface area contributed by atoms with Crippen LogP contribution >= 0.6 is 0 Å². The fourth-order valence-corrected chi connectivity index (χ4v) is 5.61. The number of hydrogen-bond donors (Lipinski definition) is 0. The standard InChI is InChI=1S/C24H26N2O4S/c1-25(21-10-12-22(30-2)13-11-21)24(27)20-8-5-15-26(17-20)31(28,29)23-14-9-18-6-3-4-7-19(18)16-23/h3-4,6-7,9-14,16,20H,5,8,15,17H2,1-2H3. The zero-order valence-corrected chi connectivity index (χ0v) is 18.5. The van der Waals surface area contributed by atoms with Crippen LogP contribution in [-0.2, 0) is 14.8 Å². The summed E-state index contributed by atoms with van der Waals surface area (Å²) in [4.78, 5) is 15.0. The van der Waals surface area contributed by atoms with E-state index in [2.05, 4.69) is 0 Å². The molecule has 1 unspecified atom stereocenters. The van der Waals surface area contributed by atoms with Crippen LogP contribution in [0.5, 0.6) is 5.75 Å². The summed E-state index contributed by atoms with van der Waals surface area (Å²) in [5.41, 5.74) is 0.750. The molecule has 0 saturated carbocycles. The first-order chi connectivity index (χ1) is 14.9. The van der Waals surface area contributed by atoms with Crippen LogP contribution in [0.15, 0.2) is 71.6 Å². The van der Waals surface area contributed by atoms with E-state index in [1.165, 1.54) is 4.31 Å². The number of ether oxygens (including phenoxy) is 1. The molecule has 1 atom stereocenters. The van der Waals surface area contributed by atoms with Gasteiger partial charge in [0, 0.05) is 25.8 Å². The molecule has 1 amide bonds. The molecule has 1 aliphatic heterocycles. The summed E-state index contributed by atoms with van der Waals surface area (Å²) in [6.45, 7) is 0.611. The van der Waals surface area contributed by atoms with E-state index >= 15 is 0 Å². The Labute approximate surface area is 183 Å². The van der Waals surface area contributed by atoms with Crippen molar-refractivity contribution in [3.8, 4) is 5.75 Å². The van der Waals surface area contributed by atoms with Crippen LogP contribution in [0.4, 0.5) is 5.69 Å². The first-order valence-electron chi connectivity index (χ1n) is 10.3. The number of carbonyl (C=O) groups is 1. The monoisotopic (exact) mass is 438 g/mol. The van der Waals surface area contributed by atoms with Gasteiger partial charge in [-0.1, -0.05) is 30.3 Å². The van der Waals surface area contributed by atoms with Gasteiger partial charge in [0.25, 0.3) is 0 Å². The minimum absolute atomic E-state index is 0.0800. The molecule has 7 heteroatoms. The summed E-state index contributed by atoms with van der Waals surface area (Å²) in [5, 5.41) is 1.88. The number of amides is 1. The maximum Gasteiger partial charge on any atom is 0.243 e. The fourth-order valence-electron chi connectivity index (χ4n) is 4.05. The highest BCUT2D eigenvalue weighted by molar-refractivity contribution is 7.89. The molecule has 1 heterocycles. The van der Waals surface area contributed by atoms with Gasteiger partial charge < -0.3 is 9.64 Å². The van der Waals surface area contributed by atoms with Gasteiger partial charge in [-0.15, -0.1) is 0 Å². The highest BCUT2D eigenvalue weighted by Crippen LogP contribution is 2.28. The van der Waals surface area contributed by atoms with E-state index in [0.717, 1.165) is 22.2 Å². The van der Waals surface area contributed by atoms with E-state index in [1.54, 1.807) is 43.3 Å². The largest absolute Gasteiger partial charge is 0.497 e. The number of anilines is 1. The summed E-state index contributed by atoms with van der Waals surface area (Å²) in [5.74, 6) is 0.259. The molecule has 4 rings (SSSR count). The van der Waals surface area contributed by atoms with Crippen molar-refractivity contribution in [3.63, 3.8) is 0 Å². The highest BCUT2D eigenvalue weighted by atomic mass is 32.2. The predicted octanol–water partition coefficient (Wildman–Crippen LogP) is 3.91. The Hall–Kier alpha value is -2.90. The number of sulfonamides is 1. The Kier molecular flexibility index (Phi) is 5.98. The quantitative estimate of drug-likeness (QED) is 0.606. The lowest BCUT2D eigenvalue weighted by Gasteiger charge is -2.33.